The van der Waals surface area contributed by atoms with Gasteiger partial charge in [0.25, 0.3) is 0 Å². The summed E-state index contributed by atoms with van der Waals surface area (Å²) in [5.74, 6) is 0.487. The fourth-order valence-corrected chi connectivity index (χ4v) is 2.18. The molecule has 6 heteroatoms. The molecule has 1 aliphatic rings. The molecule has 2 heterocycles. The molecule has 0 aromatic carbocycles. The van der Waals surface area contributed by atoms with Gasteiger partial charge >= 0.3 is 0 Å². The van der Waals surface area contributed by atoms with Gasteiger partial charge in [-0.1, -0.05) is 6.07 Å². The van der Waals surface area contributed by atoms with Gasteiger partial charge < -0.3 is 19.5 Å². The summed E-state index contributed by atoms with van der Waals surface area (Å²) in [6.07, 6.45) is 4.35. The third-order valence-electron chi connectivity index (χ3n) is 3.32. The Morgan fingerprint density at radius 2 is 2.48 bits per heavy atom. The number of nitrogens with zero attached hydrogens (tertiary/aromatic N) is 1. The number of rotatable bonds is 8. The van der Waals surface area contributed by atoms with Crippen LogP contribution in [-0.4, -0.2) is 43.9 Å². The normalized spacial score (nSPS) is 17.7. The number of pyridine rings is 1. The molecule has 116 valence electrons. The van der Waals surface area contributed by atoms with E-state index in [0.717, 1.165) is 25.0 Å². The lowest BCUT2D eigenvalue weighted by Gasteiger charge is -2.11. The summed E-state index contributed by atoms with van der Waals surface area (Å²) in [6, 6.07) is 3.69. The van der Waals surface area contributed by atoms with Gasteiger partial charge in [0.15, 0.2) is 0 Å². The van der Waals surface area contributed by atoms with Crippen molar-refractivity contribution in [3.8, 4) is 5.88 Å². The highest BCUT2D eigenvalue weighted by molar-refractivity contribution is 5.76. The third-order valence-corrected chi connectivity index (χ3v) is 3.32. The lowest BCUT2D eigenvalue weighted by molar-refractivity contribution is -0.122. The zero-order valence-corrected chi connectivity index (χ0v) is 12.3. The van der Waals surface area contributed by atoms with Crippen molar-refractivity contribution in [3.05, 3.63) is 23.9 Å². The number of carbonyl (C=O) groups is 1. The largest absolute Gasteiger partial charge is 0.481 e. The van der Waals surface area contributed by atoms with Crippen LogP contribution in [0.2, 0.25) is 0 Å². The number of hydrogen-bond donors (Lipinski definition) is 1. The molecule has 1 N–H and O–H groups in total. The highest BCUT2D eigenvalue weighted by Crippen LogP contribution is 2.13. The van der Waals surface area contributed by atoms with Gasteiger partial charge in [-0.2, -0.15) is 0 Å². The third kappa shape index (κ3) is 5.32. The van der Waals surface area contributed by atoms with E-state index in [0.29, 0.717) is 32.1 Å². The second kappa shape index (κ2) is 8.59. The summed E-state index contributed by atoms with van der Waals surface area (Å²) in [4.78, 5) is 15.8. The Labute approximate surface area is 124 Å². The lowest BCUT2D eigenvalue weighted by atomic mass is 10.2. The summed E-state index contributed by atoms with van der Waals surface area (Å²) in [6.45, 7) is 2.21. The molecule has 1 fully saturated rings. The van der Waals surface area contributed by atoms with Gasteiger partial charge in [-0.05, 0) is 18.9 Å². The standard InChI is InChI=1S/C15H22N2O4/c1-19-15-12(4-2-7-16-15)10-17-14(18)6-9-20-11-13-5-3-8-21-13/h2,4,7,13H,3,5-6,8-11H2,1H3,(H,17,18)/t13-/m1/s1. The minimum absolute atomic E-state index is 0.0479. The first kappa shape index (κ1) is 15.7. The highest BCUT2D eigenvalue weighted by atomic mass is 16.5. The summed E-state index contributed by atoms with van der Waals surface area (Å²) in [5, 5.41) is 2.83. The van der Waals surface area contributed by atoms with Gasteiger partial charge in [0, 0.05) is 31.3 Å². The monoisotopic (exact) mass is 294 g/mol. The van der Waals surface area contributed by atoms with Gasteiger partial charge in [-0.25, -0.2) is 4.98 Å². The zero-order valence-electron chi connectivity index (χ0n) is 12.3. The molecular formula is C15H22N2O4. The maximum absolute atomic E-state index is 11.7. The topological polar surface area (TPSA) is 69.7 Å². The van der Waals surface area contributed by atoms with Crippen LogP contribution in [0.4, 0.5) is 0 Å². The maximum Gasteiger partial charge on any atom is 0.222 e. The quantitative estimate of drug-likeness (QED) is 0.732. The number of ether oxygens (including phenoxy) is 3. The number of amides is 1. The number of aromatic nitrogens is 1. The molecule has 6 nitrogen and oxygen atoms in total. The summed E-state index contributed by atoms with van der Waals surface area (Å²) in [5.41, 5.74) is 0.855. The molecule has 1 aromatic heterocycles. The molecule has 0 spiro atoms. The predicted molar refractivity (Wildman–Crippen MR) is 77.0 cm³/mol. The van der Waals surface area contributed by atoms with Gasteiger partial charge in [0.1, 0.15) is 0 Å². The molecule has 0 aliphatic carbocycles. The Morgan fingerprint density at radius 1 is 1.57 bits per heavy atom. The van der Waals surface area contributed by atoms with Crippen LogP contribution in [0.25, 0.3) is 0 Å². The second-order valence-electron chi connectivity index (χ2n) is 4.91. The van der Waals surface area contributed by atoms with Crippen LogP contribution in [0.3, 0.4) is 0 Å². The molecular weight excluding hydrogens is 272 g/mol. The van der Waals surface area contributed by atoms with Gasteiger partial charge in [-0.3, -0.25) is 4.79 Å². The molecule has 2 rings (SSSR count). The van der Waals surface area contributed by atoms with E-state index in [1.165, 1.54) is 0 Å². The average Bonchev–Trinajstić information content (AvgIpc) is 3.03. The predicted octanol–water partition coefficient (Wildman–Crippen LogP) is 1.29. The van der Waals surface area contributed by atoms with E-state index in [1.807, 2.05) is 12.1 Å². The van der Waals surface area contributed by atoms with Crippen LogP contribution in [0.5, 0.6) is 5.88 Å². The van der Waals surface area contributed by atoms with Crippen molar-refractivity contribution in [1.29, 1.82) is 0 Å². The van der Waals surface area contributed by atoms with Crippen LogP contribution in [0.1, 0.15) is 24.8 Å². The van der Waals surface area contributed by atoms with E-state index >= 15 is 0 Å². The molecule has 1 aromatic rings. The lowest BCUT2D eigenvalue weighted by Crippen LogP contribution is -2.25. The molecule has 1 saturated heterocycles. The summed E-state index contributed by atoms with van der Waals surface area (Å²) in [7, 11) is 1.56. The van der Waals surface area contributed by atoms with Crippen LogP contribution >= 0.6 is 0 Å². The smallest absolute Gasteiger partial charge is 0.222 e. The molecule has 0 unspecified atom stereocenters. The molecule has 0 radical (unpaired) electrons. The van der Waals surface area contributed by atoms with Gasteiger partial charge in [-0.15, -0.1) is 0 Å². The van der Waals surface area contributed by atoms with E-state index < -0.39 is 0 Å². The van der Waals surface area contributed by atoms with Crippen molar-refractivity contribution in [1.82, 2.24) is 10.3 Å². The Hall–Kier alpha value is -1.66. The van der Waals surface area contributed by atoms with Crippen molar-refractivity contribution >= 4 is 5.91 Å². The van der Waals surface area contributed by atoms with Crippen molar-refractivity contribution < 1.29 is 19.0 Å². The number of carbonyl (C=O) groups excluding carboxylic acids is 1. The first-order chi connectivity index (χ1) is 10.3. The minimum atomic E-state index is -0.0479. The Kier molecular flexibility index (Phi) is 6.43. The highest BCUT2D eigenvalue weighted by Gasteiger charge is 2.15. The molecule has 0 saturated carbocycles. The Morgan fingerprint density at radius 3 is 3.24 bits per heavy atom. The fourth-order valence-electron chi connectivity index (χ4n) is 2.18. The van der Waals surface area contributed by atoms with E-state index in [2.05, 4.69) is 10.3 Å². The first-order valence-electron chi connectivity index (χ1n) is 7.23. The van der Waals surface area contributed by atoms with E-state index in [9.17, 15) is 4.79 Å². The van der Waals surface area contributed by atoms with E-state index in [4.69, 9.17) is 14.2 Å². The van der Waals surface area contributed by atoms with Crippen molar-refractivity contribution in [2.45, 2.75) is 31.9 Å². The summed E-state index contributed by atoms with van der Waals surface area (Å²) < 4.78 is 16.0. The molecule has 1 amide bonds. The number of nitrogens with one attached hydrogen (secondary N) is 1. The van der Waals surface area contributed by atoms with Gasteiger partial charge in [0.05, 0.1) is 26.4 Å². The second-order valence-corrected chi connectivity index (χ2v) is 4.91. The maximum atomic E-state index is 11.7. The first-order valence-corrected chi connectivity index (χ1v) is 7.23. The Bertz CT molecular complexity index is 447. The molecule has 1 atom stereocenters. The molecule has 1 aliphatic heterocycles. The zero-order chi connectivity index (χ0) is 14.9. The summed E-state index contributed by atoms with van der Waals surface area (Å²) >= 11 is 0. The van der Waals surface area contributed by atoms with E-state index in [1.54, 1.807) is 13.3 Å². The number of methoxy groups -OCH3 is 1. The number of hydrogen-bond acceptors (Lipinski definition) is 5. The van der Waals surface area contributed by atoms with Crippen LogP contribution in [0, 0.1) is 0 Å². The van der Waals surface area contributed by atoms with Crippen molar-refractivity contribution in [2.75, 3.05) is 26.9 Å². The van der Waals surface area contributed by atoms with E-state index in [-0.39, 0.29) is 12.0 Å². The minimum Gasteiger partial charge on any atom is -0.481 e. The Balaban J connectivity index is 1.60. The fraction of sp³-hybridized carbons (Fsp3) is 0.600. The van der Waals surface area contributed by atoms with Crippen LogP contribution in [-0.2, 0) is 20.8 Å². The van der Waals surface area contributed by atoms with Crippen LogP contribution < -0.4 is 10.1 Å². The van der Waals surface area contributed by atoms with Crippen LogP contribution in [0.15, 0.2) is 18.3 Å². The molecule has 21 heavy (non-hydrogen) atoms. The van der Waals surface area contributed by atoms with Crippen molar-refractivity contribution in [3.63, 3.8) is 0 Å². The average molecular weight is 294 g/mol. The molecule has 0 bridgehead atoms. The SMILES string of the molecule is COc1ncccc1CNC(=O)CCOC[C@H]1CCCO1. The van der Waals surface area contributed by atoms with Gasteiger partial charge in [0.2, 0.25) is 11.8 Å². The van der Waals surface area contributed by atoms with Crippen molar-refractivity contribution in [2.24, 2.45) is 0 Å².